The van der Waals surface area contributed by atoms with Gasteiger partial charge in [-0.05, 0) is 207 Å². The number of nitrogens with zero attached hydrogens (tertiary/aromatic N) is 6. The molecule has 0 aliphatic heterocycles. The molecule has 0 atom stereocenters. The monoisotopic (exact) mass is 1900 g/mol. The van der Waals surface area contributed by atoms with Gasteiger partial charge < -0.3 is 10.2 Å². The minimum atomic E-state index is -2.57. The number of fused-ring (bicyclic) bond motifs is 2. The Kier molecular flexibility index (Phi) is 22.3. The maximum Gasteiger partial charge on any atom is 0.148 e. The number of rotatable bonds is 14. The van der Waals surface area contributed by atoms with Crippen LogP contribution in [-0.4, -0.2) is 39.3 Å². The van der Waals surface area contributed by atoms with Gasteiger partial charge >= 0.3 is 0 Å². The molecule has 2 N–H and O–H groups in total. The number of benzene rings is 12. The van der Waals surface area contributed by atoms with Crippen LogP contribution in [0.15, 0.2) is 267 Å². The van der Waals surface area contributed by atoms with Crippen LogP contribution in [0.3, 0.4) is 0 Å². The first-order valence-electron chi connectivity index (χ1n) is 42.1. The SMILES string of the molecule is Cc1cc(C)c(O)c(-c2nc3c(-c4[c-]c(-c5cc(-c6ccccc6)ccn5)cc(C(C)(C)C)c4)cccc3n2-c2ccc(C(C)(C)C)cc2-c2ccccc2)c1.[2H]C([2H])([2H])c1cc(-c2cc(C([2H])(C)C)cc(C([2H])(C)C)c2)ccc1-n1c(-c2cc(C)cc(C)c2O)nc2c(-c3[c-]c(-c4cc(-c5ccccc5)ccn4)cc(C(C)(C)C)c3)cccc21.[Pt].[Pt]. The number of aromatic hydroxyl groups is 2. The molecule has 0 saturated heterocycles. The maximum absolute atomic E-state index is 11.7. The quantitative estimate of drug-likeness (QED) is 0.105. The first-order chi connectivity index (χ1) is 56.7. The summed E-state index contributed by atoms with van der Waals surface area (Å²) in [6.45, 7) is 32.5. The zero-order valence-corrected chi connectivity index (χ0v) is 74.2. The van der Waals surface area contributed by atoms with Gasteiger partial charge in [-0.2, -0.15) is 0 Å². The van der Waals surface area contributed by atoms with Gasteiger partial charge in [-0.15, -0.1) is 58.7 Å². The number of hydrogen-bond donors (Lipinski definition) is 2. The number of aromatic nitrogens is 6. The Balaban J connectivity index is 0.000000209. The summed E-state index contributed by atoms with van der Waals surface area (Å²) < 4.78 is 48.7. The third kappa shape index (κ3) is 17.4. The van der Waals surface area contributed by atoms with Crippen LogP contribution < -0.4 is 0 Å². The van der Waals surface area contributed by atoms with Crippen molar-refractivity contribution in [3.8, 4) is 135 Å². The molecule has 16 rings (SSSR count). The number of phenolic OH excluding ortho intramolecular Hbond substituents is 2. The third-order valence-corrected chi connectivity index (χ3v) is 21.9. The molecule has 10 heteroatoms. The average Bonchev–Trinajstić information content (AvgIpc) is 1.58. The van der Waals surface area contributed by atoms with Crippen LogP contribution in [0, 0.1) is 46.7 Å². The zero-order valence-electron chi connectivity index (χ0n) is 74.6. The minimum absolute atomic E-state index is 0. The van der Waals surface area contributed by atoms with E-state index in [1.54, 1.807) is 6.07 Å². The third-order valence-electron chi connectivity index (χ3n) is 21.9. The molecule has 0 spiro atoms. The Bertz CT molecular complexity index is 6580. The average molecular weight is 1900 g/mol. The van der Waals surface area contributed by atoms with E-state index in [4.69, 9.17) is 26.8 Å². The molecule has 16 aromatic rings. The van der Waals surface area contributed by atoms with E-state index in [1.165, 1.54) is 11.1 Å². The van der Waals surface area contributed by atoms with Gasteiger partial charge in [-0.3, -0.25) is 19.1 Å². The van der Waals surface area contributed by atoms with E-state index in [0.29, 0.717) is 50.6 Å². The molecular weight excluding hydrogens is 1790 g/mol. The first-order valence-corrected chi connectivity index (χ1v) is 39.6. The summed E-state index contributed by atoms with van der Waals surface area (Å²) in [4.78, 5) is 20.5. The summed E-state index contributed by atoms with van der Waals surface area (Å²) in [7, 11) is 0. The number of imidazole rings is 2. The largest absolute Gasteiger partial charge is 0.507 e. The van der Waals surface area contributed by atoms with Gasteiger partial charge in [0.15, 0.2) is 0 Å². The van der Waals surface area contributed by atoms with E-state index in [-0.39, 0.29) is 75.4 Å². The fourth-order valence-corrected chi connectivity index (χ4v) is 15.4. The predicted molar refractivity (Wildman–Crippen MR) is 481 cm³/mol. The van der Waals surface area contributed by atoms with Crippen molar-refractivity contribution in [1.29, 1.82) is 0 Å². The summed E-state index contributed by atoms with van der Waals surface area (Å²) in [6.07, 6.45) is 3.71. The van der Waals surface area contributed by atoms with Crippen LogP contribution in [0.25, 0.3) is 145 Å². The number of phenols is 2. The van der Waals surface area contributed by atoms with Crippen LogP contribution in [0.5, 0.6) is 11.5 Å². The van der Waals surface area contributed by atoms with Gasteiger partial charge in [-0.25, -0.2) is 9.97 Å². The molecule has 0 fully saturated rings. The summed E-state index contributed by atoms with van der Waals surface area (Å²) in [5.74, 6) is -0.538. The van der Waals surface area contributed by atoms with E-state index >= 15 is 0 Å². The van der Waals surface area contributed by atoms with Crippen molar-refractivity contribution >= 4 is 22.1 Å². The molecule has 12 aromatic carbocycles. The second-order valence-corrected chi connectivity index (χ2v) is 34.2. The van der Waals surface area contributed by atoms with E-state index in [9.17, 15) is 10.2 Å². The van der Waals surface area contributed by atoms with Gasteiger partial charge in [0.25, 0.3) is 0 Å². The molecule has 4 heterocycles. The number of pyridine rings is 2. The van der Waals surface area contributed by atoms with E-state index in [0.717, 1.165) is 134 Å². The van der Waals surface area contributed by atoms with Gasteiger partial charge in [-0.1, -0.05) is 282 Å². The van der Waals surface area contributed by atoms with Gasteiger partial charge in [0.2, 0.25) is 0 Å². The molecular formula is C107H102N6O2Pt2-2. The van der Waals surface area contributed by atoms with Crippen molar-refractivity contribution in [2.45, 2.75) is 153 Å². The summed E-state index contributed by atoms with van der Waals surface area (Å²) >= 11 is 0. The zero-order chi connectivity index (χ0) is 85.4. The van der Waals surface area contributed by atoms with Crippen molar-refractivity contribution in [3.05, 3.63) is 335 Å². The van der Waals surface area contributed by atoms with Crippen molar-refractivity contribution < 1.29 is 59.2 Å². The minimum Gasteiger partial charge on any atom is -0.507 e. The standard InChI is InChI=1S/C55H54N3O.C52H48N3O.2Pt/c1-33(2)41-26-42(34(3)4)28-43(27-41)39-19-20-50(36(6)25-39)58-51-18-14-17-47(52(51)57-54(58)48-24-35(5)23-37(7)53(48)59)44-29-45(31-46(30-44)55(8,9)10)49-32-40(21-22-56-49)38-15-12-11-13-16-38;1-33-26-34(2)49(56)44(27-33)50-54-48-42(20-15-21-47(48)55(50)46-23-22-40(51(3,4)5)32-43(46)36-18-13-10-14-19-36)38-28-39(30-41(29-38)52(6,7)8)45-31-37(24-25-53-45)35-16-11-9-12-17-35;;/h11-28,30-34,59H,1-10H3;9-27,29-32,56H,1-8H3;;/q2*-1;;/i6D3,33D,34D;;;. The number of aryl methyl sites for hydroxylation is 5. The van der Waals surface area contributed by atoms with Crippen molar-refractivity contribution in [3.63, 3.8) is 0 Å². The molecule has 4 aromatic heterocycles. The van der Waals surface area contributed by atoms with E-state index < -0.39 is 18.6 Å². The molecule has 0 aliphatic rings. The van der Waals surface area contributed by atoms with Gasteiger partial charge in [0, 0.05) is 78.3 Å². The van der Waals surface area contributed by atoms with Crippen LogP contribution in [-0.2, 0) is 58.4 Å². The Hall–Kier alpha value is -11.1. The van der Waals surface area contributed by atoms with E-state index in [2.05, 4.69) is 232 Å². The summed E-state index contributed by atoms with van der Waals surface area (Å²) in [5, 5.41) is 23.5. The molecule has 594 valence electrons. The van der Waals surface area contributed by atoms with Gasteiger partial charge in [0.1, 0.15) is 23.1 Å². The fraction of sp³-hybridized carbons (Fsp3) is 0.215. The second-order valence-electron chi connectivity index (χ2n) is 34.2. The molecule has 117 heavy (non-hydrogen) atoms. The topological polar surface area (TPSA) is 102 Å². The molecule has 0 unspecified atom stereocenters. The molecule has 0 aliphatic carbocycles. The number of hydrogen-bond acceptors (Lipinski definition) is 6. The van der Waals surface area contributed by atoms with Gasteiger partial charge in [0.05, 0.1) is 44.6 Å². The Morgan fingerprint density at radius 2 is 0.761 bits per heavy atom. The summed E-state index contributed by atoms with van der Waals surface area (Å²) in [6, 6.07) is 93.8. The van der Waals surface area contributed by atoms with Crippen LogP contribution >= 0.6 is 0 Å². The van der Waals surface area contributed by atoms with Crippen molar-refractivity contribution in [2.24, 2.45) is 0 Å². The Morgan fingerprint density at radius 1 is 0.350 bits per heavy atom. The molecule has 8 nitrogen and oxygen atoms in total. The van der Waals surface area contributed by atoms with Crippen molar-refractivity contribution in [2.75, 3.05) is 0 Å². The molecule has 0 saturated carbocycles. The molecule has 0 amide bonds. The summed E-state index contributed by atoms with van der Waals surface area (Å²) in [5.41, 5.74) is 28.6. The molecule has 0 radical (unpaired) electrons. The van der Waals surface area contributed by atoms with Crippen LogP contribution in [0.2, 0.25) is 0 Å². The second kappa shape index (κ2) is 33.8. The van der Waals surface area contributed by atoms with Crippen LogP contribution in [0.4, 0.5) is 0 Å². The van der Waals surface area contributed by atoms with E-state index in [1.807, 2.05) is 169 Å². The number of para-hydroxylation sites is 2. The van der Waals surface area contributed by atoms with Crippen molar-refractivity contribution in [1.82, 2.24) is 29.1 Å². The first kappa shape index (κ1) is 77.1. The predicted octanol–water partition coefficient (Wildman–Crippen LogP) is 28.2. The fourth-order valence-electron chi connectivity index (χ4n) is 15.4. The maximum atomic E-state index is 11.7. The normalized spacial score (nSPS) is 12.7. The molecule has 0 bridgehead atoms. The Morgan fingerprint density at radius 3 is 1.19 bits per heavy atom. The Labute approximate surface area is 727 Å². The smallest absolute Gasteiger partial charge is 0.148 e. The van der Waals surface area contributed by atoms with Crippen LogP contribution in [0.1, 0.15) is 164 Å².